The second-order valence-electron chi connectivity index (χ2n) is 3.98. The summed E-state index contributed by atoms with van der Waals surface area (Å²) in [6.07, 6.45) is 1.25. The van der Waals surface area contributed by atoms with Crippen LogP contribution in [0.5, 0.6) is 0 Å². The number of nitrogens with zero attached hydrogens (tertiary/aromatic N) is 2. The van der Waals surface area contributed by atoms with Crippen LogP contribution in [0, 0.1) is 6.92 Å². The average Bonchev–Trinajstić information content (AvgIpc) is 2.64. The van der Waals surface area contributed by atoms with Gasteiger partial charge in [-0.1, -0.05) is 0 Å². The van der Waals surface area contributed by atoms with Gasteiger partial charge >= 0.3 is 0 Å². The Labute approximate surface area is 88.1 Å². The van der Waals surface area contributed by atoms with Gasteiger partial charge in [-0.25, -0.2) is 0 Å². The molecule has 1 aromatic rings. The Kier molecular flexibility index (Phi) is 2.73. The second kappa shape index (κ2) is 4.02. The highest BCUT2D eigenvalue weighted by atomic mass is 16.3. The van der Waals surface area contributed by atoms with Crippen molar-refractivity contribution in [1.82, 2.24) is 15.1 Å². The molecule has 1 amide bonds. The molecule has 1 fully saturated rings. The summed E-state index contributed by atoms with van der Waals surface area (Å²) in [6, 6.07) is 1.73. The molecule has 1 unspecified atom stereocenters. The molecule has 15 heavy (non-hydrogen) atoms. The molecule has 1 aliphatic heterocycles. The largest absolute Gasteiger partial charge is 0.391 e. The highest BCUT2D eigenvalue weighted by Gasteiger charge is 2.24. The average molecular weight is 209 g/mol. The summed E-state index contributed by atoms with van der Waals surface area (Å²) in [5.41, 5.74) is 1.30. The van der Waals surface area contributed by atoms with E-state index >= 15 is 0 Å². The Bertz CT molecular complexity index is 361. The Balaban J connectivity index is 2.07. The molecular weight excluding hydrogens is 194 g/mol. The third kappa shape index (κ3) is 2.18. The van der Waals surface area contributed by atoms with Gasteiger partial charge in [0.2, 0.25) is 0 Å². The molecule has 0 saturated carbocycles. The molecule has 2 heterocycles. The zero-order chi connectivity index (χ0) is 10.8. The van der Waals surface area contributed by atoms with Crippen molar-refractivity contribution in [2.24, 2.45) is 0 Å². The van der Waals surface area contributed by atoms with Gasteiger partial charge in [0.1, 0.15) is 5.69 Å². The van der Waals surface area contributed by atoms with Gasteiger partial charge in [-0.05, 0) is 25.8 Å². The molecule has 1 aliphatic rings. The zero-order valence-electron chi connectivity index (χ0n) is 8.73. The van der Waals surface area contributed by atoms with Crippen molar-refractivity contribution in [3.8, 4) is 0 Å². The number of likely N-dealkylation sites (tertiary alicyclic amines) is 1. The monoisotopic (exact) mass is 209 g/mol. The number of aromatic amines is 1. The summed E-state index contributed by atoms with van der Waals surface area (Å²) < 4.78 is 0. The maximum atomic E-state index is 11.9. The van der Waals surface area contributed by atoms with Gasteiger partial charge in [0, 0.05) is 18.8 Å². The summed E-state index contributed by atoms with van der Waals surface area (Å²) in [6.45, 7) is 2.99. The summed E-state index contributed by atoms with van der Waals surface area (Å²) in [7, 11) is 0. The molecular formula is C10H15N3O2. The fourth-order valence-electron chi connectivity index (χ4n) is 1.83. The number of nitrogens with one attached hydrogen (secondary N) is 1. The number of β-amino-alcohol motifs (C(OH)–C–C–N with tert-alkyl or cyclic N) is 1. The lowest BCUT2D eigenvalue weighted by molar-refractivity contribution is 0.0469. The molecule has 2 rings (SSSR count). The number of aliphatic hydroxyl groups is 1. The van der Waals surface area contributed by atoms with Gasteiger partial charge < -0.3 is 10.0 Å². The van der Waals surface area contributed by atoms with E-state index < -0.39 is 0 Å². The van der Waals surface area contributed by atoms with Crippen LogP contribution >= 0.6 is 0 Å². The van der Waals surface area contributed by atoms with Crippen LogP contribution in [-0.4, -0.2) is 45.3 Å². The van der Waals surface area contributed by atoms with Crippen LogP contribution in [-0.2, 0) is 0 Å². The van der Waals surface area contributed by atoms with Crippen LogP contribution < -0.4 is 0 Å². The topological polar surface area (TPSA) is 69.2 Å². The minimum atomic E-state index is -0.386. The predicted molar refractivity (Wildman–Crippen MR) is 54.5 cm³/mol. The molecule has 0 aromatic carbocycles. The molecule has 1 saturated heterocycles. The van der Waals surface area contributed by atoms with E-state index in [9.17, 15) is 9.90 Å². The summed E-state index contributed by atoms with van der Waals surface area (Å²) >= 11 is 0. The number of H-pyrrole nitrogens is 1. The van der Waals surface area contributed by atoms with Crippen molar-refractivity contribution in [3.63, 3.8) is 0 Å². The van der Waals surface area contributed by atoms with Crippen LogP contribution in [0.25, 0.3) is 0 Å². The number of aryl methyl sites for hydroxylation is 1. The van der Waals surface area contributed by atoms with E-state index in [0.717, 1.165) is 18.5 Å². The molecule has 82 valence electrons. The number of rotatable bonds is 1. The standard InChI is InChI=1S/C10H15N3O2/c1-7-5-9(12-11-7)10(15)13-4-2-3-8(14)6-13/h5,8,14H,2-4,6H2,1H3,(H,11,12). The van der Waals surface area contributed by atoms with Crippen molar-refractivity contribution in [1.29, 1.82) is 0 Å². The van der Waals surface area contributed by atoms with Crippen molar-refractivity contribution < 1.29 is 9.90 Å². The SMILES string of the molecule is Cc1cc(C(=O)N2CCCC(O)C2)n[nH]1. The summed E-state index contributed by atoms with van der Waals surface area (Å²) in [4.78, 5) is 13.5. The molecule has 0 aliphatic carbocycles. The van der Waals surface area contributed by atoms with Gasteiger partial charge in [0.15, 0.2) is 0 Å². The number of carbonyl (C=O) groups excluding carboxylic acids is 1. The van der Waals surface area contributed by atoms with Gasteiger partial charge in [-0.15, -0.1) is 0 Å². The van der Waals surface area contributed by atoms with Crippen LogP contribution in [0.4, 0.5) is 0 Å². The van der Waals surface area contributed by atoms with E-state index in [4.69, 9.17) is 0 Å². The number of hydrogen-bond acceptors (Lipinski definition) is 3. The molecule has 1 atom stereocenters. The minimum absolute atomic E-state index is 0.0990. The van der Waals surface area contributed by atoms with Gasteiger partial charge in [-0.2, -0.15) is 5.10 Å². The van der Waals surface area contributed by atoms with Crippen LogP contribution in [0.3, 0.4) is 0 Å². The van der Waals surface area contributed by atoms with Gasteiger partial charge in [-0.3, -0.25) is 9.89 Å². The molecule has 0 radical (unpaired) electrons. The predicted octanol–water partition coefficient (Wildman–Crippen LogP) is 0.315. The molecule has 0 spiro atoms. The number of hydrogen-bond donors (Lipinski definition) is 2. The van der Waals surface area contributed by atoms with Crippen molar-refractivity contribution in [2.75, 3.05) is 13.1 Å². The Morgan fingerprint density at radius 2 is 2.53 bits per heavy atom. The number of aromatic nitrogens is 2. The first kappa shape index (κ1) is 10.2. The maximum absolute atomic E-state index is 11.9. The lowest BCUT2D eigenvalue weighted by Gasteiger charge is -2.29. The van der Waals surface area contributed by atoms with E-state index in [1.807, 2.05) is 6.92 Å². The summed E-state index contributed by atoms with van der Waals surface area (Å²) in [5.74, 6) is -0.0990. The van der Waals surface area contributed by atoms with E-state index in [2.05, 4.69) is 10.2 Å². The molecule has 0 bridgehead atoms. The maximum Gasteiger partial charge on any atom is 0.274 e. The Hall–Kier alpha value is -1.36. The third-order valence-electron chi connectivity index (χ3n) is 2.61. The highest BCUT2D eigenvalue weighted by Crippen LogP contribution is 2.12. The Morgan fingerprint density at radius 3 is 3.13 bits per heavy atom. The minimum Gasteiger partial charge on any atom is -0.391 e. The quantitative estimate of drug-likeness (QED) is 0.699. The van der Waals surface area contributed by atoms with E-state index in [0.29, 0.717) is 18.8 Å². The van der Waals surface area contributed by atoms with E-state index in [-0.39, 0.29) is 12.0 Å². The lowest BCUT2D eigenvalue weighted by atomic mass is 10.1. The third-order valence-corrected chi connectivity index (χ3v) is 2.61. The summed E-state index contributed by atoms with van der Waals surface area (Å²) in [5, 5.41) is 16.1. The van der Waals surface area contributed by atoms with E-state index in [1.54, 1.807) is 11.0 Å². The van der Waals surface area contributed by atoms with Crippen molar-refractivity contribution in [2.45, 2.75) is 25.9 Å². The first-order valence-electron chi connectivity index (χ1n) is 5.16. The molecule has 5 heteroatoms. The van der Waals surface area contributed by atoms with Crippen LogP contribution in [0.2, 0.25) is 0 Å². The molecule has 5 nitrogen and oxygen atoms in total. The van der Waals surface area contributed by atoms with Crippen LogP contribution in [0.1, 0.15) is 29.0 Å². The first-order valence-corrected chi connectivity index (χ1v) is 5.16. The van der Waals surface area contributed by atoms with Crippen molar-refractivity contribution in [3.05, 3.63) is 17.5 Å². The number of carbonyl (C=O) groups is 1. The first-order chi connectivity index (χ1) is 7.16. The number of aliphatic hydroxyl groups excluding tert-OH is 1. The fraction of sp³-hybridized carbons (Fsp3) is 0.600. The molecule has 2 N–H and O–H groups in total. The smallest absolute Gasteiger partial charge is 0.274 e. The molecule has 1 aromatic heterocycles. The normalized spacial score (nSPS) is 21.7. The number of amides is 1. The number of piperidine rings is 1. The van der Waals surface area contributed by atoms with Gasteiger partial charge in [0.05, 0.1) is 6.10 Å². The zero-order valence-corrected chi connectivity index (χ0v) is 8.73. The highest BCUT2D eigenvalue weighted by molar-refractivity contribution is 5.92. The lowest BCUT2D eigenvalue weighted by Crippen LogP contribution is -2.42. The van der Waals surface area contributed by atoms with Crippen LogP contribution in [0.15, 0.2) is 6.07 Å². The Morgan fingerprint density at radius 1 is 1.73 bits per heavy atom. The fourth-order valence-corrected chi connectivity index (χ4v) is 1.83. The second-order valence-corrected chi connectivity index (χ2v) is 3.98. The van der Waals surface area contributed by atoms with Crippen molar-refractivity contribution >= 4 is 5.91 Å². The van der Waals surface area contributed by atoms with Gasteiger partial charge in [0.25, 0.3) is 5.91 Å². The van der Waals surface area contributed by atoms with E-state index in [1.165, 1.54) is 0 Å².